The van der Waals surface area contributed by atoms with Gasteiger partial charge in [0.2, 0.25) is 0 Å². The number of aryl methyl sites for hydroxylation is 1. The van der Waals surface area contributed by atoms with Crippen molar-refractivity contribution in [3.63, 3.8) is 0 Å². The zero-order chi connectivity index (χ0) is 19.7. The normalized spacial score (nSPS) is 19.0. The van der Waals surface area contributed by atoms with Gasteiger partial charge in [-0.25, -0.2) is 4.39 Å². The van der Waals surface area contributed by atoms with Gasteiger partial charge in [0.25, 0.3) is 0 Å². The average Bonchev–Trinajstić information content (AvgIpc) is 2.70. The fourth-order valence-electron chi connectivity index (χ4n) is 3.34. The summed E-state index contributed by atoms with van der Waals surface area (Å²) in [7, 11) is 0. The molecule has 3 aromatic carbocycles. The molecule has 0 fully saturated rings. The summed E-state index contributed by atoms with van der Waals surface area (Å²) in [6, 6.07) is 19.3. The van der Waals surface area contributed by atoms with E-state index in [2.05, 4.69) is 34.9 Å². The van der Waals surface area contributed by atoms with Gasteiger partial charge in [0.05, 0.1) is 6.04 Å². The lowest BCUT2D eigenvalue weighted by molar-refractivity contribution is 0.419. The van der Waals surface area contributed by atoms with Crippen molar-refractivity contribution in [2.45, 2.75) is 19.1 Å². The zero-order valence-electron chi connectivity index (χ0n) is 15.3. The first kappa shape index (κ1) is 18.5. The van der Waals surface area contributed by atoms with E-state index in [1.54, 1.807) is 30.3 Å². The van der Waals surface area contributed by atoms with E-state index in [4.69, 9.17) is 11.6 Å². The van der Waals surface area contributed by atoms with Gasteiger partial charge in [-0.1, -0.05) is 53.6 Å². The van der Waals surface area contributed by atoms with Gasteiger partial charge in [0.15, 0.2) is 0 Å². The number of benzene rings is 3. The van der Waals surface area contributed by atoms with Crippen molar-refractivity contribution in [2.24, 2.45) is 0 Å². The topological polar surface area (TPSA) is 44.3 Å². The largest absolute Gasteiger partial charge is 0.508 e. The van der Waals surface area contributed by atoms with Crippen LogP contribution >= 0.6 is 11.6 Å². The third kappa shape index (κ3) is 3.88. The van der Waals surface area contributed by atoms with Crippen LogP contribution in [0.5, 0.6) is 5.75 Å². The molecule has 0 bridgehead atoms. The minimum atomic E-state index is -0.280. The lowest BCUT2D eigenvalue weighted by Crippen LogP contribution is -2.39. The van der Waals surface area contributed by atoms with Crippen molar-refractivity contribution in [2.75, 3.05) is 0 Å². The van der Waals surface area contributed by atoms with Gasteiger partial charge in [0.1, 0.15) is 17.7 Å². The lowest BCUT2D eigenvalue weighted by Gasteiger charge is -2.33. The Bertz CT molecular complexity index is 1020. The van der Waals surface area contributed by atoms with Crippen molar-refractivity contribution in [3.8, 4) is 5.75 Å². The van der Waals surface area contributed by atoms with Gasteiger partial charge < -0.3 is 10.4 Å². The summed E-state index contributed by atoms with van der Waals surface area (Å²) in [5.74, 6) is -0.112. The molecular formula is C23H20ClFN2O. The molecule has 0 aliphatic carbocycles. The number of aromatic hydroxyl groups is 1. The quantitative estimate of drug-likeness (QED) is 0.552. The molecule has 0 spiro atoms. The summed E-state index contributed by atoms with van der Waals surface area (Å²) in [6.07, 6.45) is 1.76. The fourth-order valence-corrected chi connectivity index (χ4v) is 3.52. The van der Waals surface area contributed by atoms with Crippen molar-refractivity contribution in [1.82, 2.24) is 10.6 Å². The molecule has 142 valence electrons. The van der Waals surface area contributed by atoms with Gasteiger partial charge in [-0.05, 0) is 54.5 Å². The van der Waals surface area contributed by atoms with E-state index in [1.165, 1.54) is 17.7 Å². The number of halogens is 2. The highest BCUT2D eigenvalue weighted by atomic mass is 35.5. The summed E-state index contributed by atoms with van der Waals surface area (Å²) in [4.78, 5) is 0. The van der Waals surface area contributed by atoms with Crippen LogP contribution in [-0.4, -0.2) is 5.11 Å². The number of phenolic OH excluding ortho intramolecular Hbond substituents is 1. The number of nitrogens with one attached hydrogen (secondary N) is 2. The van der Waals surface area contributed by atoms with E-state index in [-0.39, 0.29) is 23.8 Å². The van der Waals surface area contributed by atoms with E-state index in [9.17, 15) is 9.50 Å². The van der Waals surface area contributed by atoms with E-state index in [1.807, 2.05) is 13.0 Å². The second kappa shape index (κ2) is 7.66. The summed E-state index contributed by atoms with van der Waals surface area (Å²) >= 11 is 6.16. The average molecular weight is 395 g/mol. The fraction of sp³-hybridized carbons (Fsp3) is 0.130. The van der Waals surface area contributed by atoms with Crippen molar-refractivity contribution >= 4 is 17.3 Å². The minimum Gasteiger partial charge on any atom is -0.508 e. The van der Waals surface area contributed by atoms with Crippen LogP contribution in [0.25, 0.3) is 5.70 Å². The van der Waals surface area contributed by atoms with Crippen molar-refractivity contribution in [3.05, 3.63) is 106 Å². The van der Waals surface area contributed by atoms with Gasteiger partial charge in [-0.3, -0.25) is 5.32 Å². The monoisotopic (exact) mass is 394 g/mol. The zero-order valence-corrected chi connectivity index (χ0v) is 16.0. The van der Waals surface area contributed by atoms with Crippen LogP contribution in [0.1, 0.15) is 34.5 Å². The molecule has 2 atom stereocenters. The Kier molecular flexibility index (Phi) is 5.07. The Morgan fingerprint density at radius 1 is 0.964 bits per heavy atom. The van der Waals surface area contributed by atoms with E-state index in [0.29, 0.717) is 10.6 Å². The standard InChI is InChI=1S/C23H20ClFN2O/c1-14-2-4-15(5-3-14)20-13-21(19-12-17(24)8-11-22(19)28)27-23(26-20)16-6-9-18(25)10-7-16/h2-13,21,23,26-28H,1H3. The molecular weight excluding hydrogens is 375 g/mol. The summed E-state index contributed by atoms with van der Waals surface area (Å²) in [5.41, 5.74) is 4.72. The summed E-state index contributed by atoms with van der Waals surface area (Å²) in [6.45, 7) is 2.04. The molecule has 0 saturated heterocycles. The Morgan fingerprint density at radius 2 is 1.68 bits per heavy atom. The molecule has 1 heterocycles. The maximum atomic E-state index is 13.4. The number of hydrogen-bond donors (Lipinski definition) is 3. The molecule has 0 amide bonds. The number of rotatable bonds is 3. The van der Waals surface area contributed by atoms with Gasteiger partial charge in [-0.15, -0.1) is 0 Å². The molecule has 28 heavy (non-hydrogen) atoms. The molecule has 3 N–H and O–H groups in total. The Morgan fingerprint density at radius 3 is 2.39 bits per heavy atom. The highest BCUT2D eigenvalue weighted by Gasteiger charge is 2.25. The molecule has 0 aromatic heterocycles. The van der Waals surface area contributed by atoms with E-state index >= 15 is 0 Å². The van der Waals surface area contributed by atoms with Crippen LogP contribution in [0.15, 0.2) is 72.8 Å². The maximum Gasteiger partial charge on any atom is 0.123 e. The second-order valence-electron chi connectivity index (χ2n) is 6.92. The smallest absolute Gasteiger partial charge is 0.123 e. The second-order valence-corrected chi connectivity index (χ2v) is 7.36. The predicted octanol–water partition coefficient (Wildman–Crippen LogP) is 5.47. The highest BCUT2D eigenvalue weighted by Crippen LogP contribution is 2.34. The molecule has 3 aromatic rings. The van der Waals surface area contributed by atoms with Crippen LogP contribution in [0.3, 0.4) is 0 Å². The van der Waals surface area contributed by atoms with Crippen LogP contribution in [0, 0.1) is 12.7 Å². The molecule has 4 rings (SSSR count). The predicted molar refractivity (Wildman–Crippen MR) is 110 cm³/mol. The van der Waals surface area contributed by atoms with Crippen molar-refractivity contribution in [1.29, 1.82) is 0 Å². The molecule has 1 aliphatic heterocycles. The Balaban J connectivity index is 1.76. The van der Waals surface area contributed by atoms with Gasteiger partial charge in [-0.2, -0.15) is 0 Å². The highest BCUT2D eigenvalue weighted by molar-refractivity contribution is 6.30. The van der Waals surface area contributed by atoms with E-state index < -0.39 is 0 Å². The molecule has 0 radical (unpaired) electrons. The first-order chi connectivity index (χ1) is 13.5. The lowest BCUT2D eigenvalue weighted by atomic mass is 9.97. The third-order valence-electron chi connectivity index (χ3n) is 4.87. The summed E-state index contributed by atoms with van der Waals surface area (Å²) in [5, 5.41) is 17.9. The van der Waals surface area contributed by atoms with Gasteiger partial charge >= 0.3 is 0 Å². The molecule has 3 nitrogen and oxygen atoms in total. The summed E-state index contributed by atoms with van der Waals surface area (Å²) < 4.78 is 13.4. The number of phenols is 1. The van der Waals surface area contributed by atoms with Gasteiger partial charge in [0, 0.05) is 16.3 Å². The maximum absolute atomic E-state index is 13.4. The molecule has 2 unspecified atom stereocenters. The molecule has 1 aliphatic rings. The Hall–Kier alpha value is -2.82. The van der Waals surface area contributed by atoms with Crippen LogP contribution in [0.4, 0.5) is 4.39 Å². The molecule has 0 saturated carbocycles. The number of hydrogen-bond acceptors (Lipinski definition) is 3. The van der Waals surface area contributed by atoms with E-state index in [0.717, 1.165) is 16.8 Å². The first-order valence-corrected chi connectivity index (χ1v) is 9.43. The minimum absolute atomic E-state index is 0.168. The Labute approximate surface area is 168 Å². The first-order valence-electron chi connectivity index (χ1n) is 9.05. The van der Waals surface area contributed by atoms with Crippen LogP contribution < -0.4 is 10.6 Å². The van der Waals surface area contributed by atoms with Crippen molar-refractivity contribution < 1.29 is 9.50 Å². The molecule has 5 heteroatoms. The SMILES string of the molecule is Cc1ccc(C2=CC(c3cc(Cl)ccc3O)NC(c3ccc(F)cc3)N2)cc1. The van der Waals surface area contributed by atoms with Crippen LogP contribution in [0.2, 0.25) is 5.02 Å². The third-order valence-corrected chi connectivity index (χ3v) is 5.11. The van der Waals surface area contributed by atoms with Crippen LogP contribution in [-0.2, 0) is 0 Å².